The standard InChI is InChI=1S/C22H19NO5S/c24-19-11-16(10-15-6-3-5-13-4-1-2-7-17(13)15)20(14-8-9-14)21-23(19)18(22(25)26)12-29(21,27)28/h1-7,11,14,18H,8-10,12H2,(H,25,26). The first kappa shape index (κ1) is 18.1. The van der Waals surface area contributed by atoms with Crippen molar-refractivity contribution in [3.05, 3.63) is 75.6 Å². The largest absolute Gasteiger partial charge is 0.480 e. The van der Waals surface area contributed by atoms with Crippen LogP contribution in [0.2, 0.25) is 0 Å². The number of benzene rings is 2. The van der Waals surface area contributed by atoms with Crippen LogP contribution in [0.25, 0.3) is 10.8 Å². The maximum atomic E-state index is 12.9. The smallest absolute Gasteiger partial charge is 0.327 e. The first-order chi connectivity index (χ1) is 13.9. The van der Waals surface area contributed by atoms with E-state index in [2.05, 4.69) is 0 Å². The molecule has 1 aliphatic heterocycles. The fourth-order valence-electron chi connectivity index (χ4n) is 4.43. The molecule has 2 aliphatic rings. The predicted octanol–water partition coefficient (Wildman–Crippen LogP) is 2.88. The summed E-state index contributed by atoms with van der Waals surface area (Å²) in [5.74, 6) is -1.79. The maximum absolute atomic E-state index is 12.9. The van der Waals surface area contributed by atoms with Crippen molar-refractivity contribution in [1.82, 2.24) is 4.57 Å². The molecule has 1 atom stereocenters. The van der Waals surface area contributed by atoms with Gasteiger partial charge in [-0.2, -0.15) is 0 Å². The predicted molar refractivity (Wildman–Crippen MR) is 108 cm³/mol. The molecule has 148 valence electrons. The number of aromatic nitrogens is 1. The molecule has 1 aliphatic carbocycles. The van der Waals surface area contributed by atoms with Gasteiger partial charge in [-0.1, -0.05) is 42.5 Å². The summed E-state index contributed by atoms with van der Waals surface area (Å²) < 4.78 is 26.7. The van der Waals surface area contributed by atoms with Crippen LogP contribution in [-0.4, -0.2) is 29.8 Å². The Morgan fingerprint density at radius 3 is 2.52 bits per heavy atom. The molecule has 3 aromatic rings. The van der Waals surface area contributed by atoms with Crippen molar-refractivity contribution < 1.29 is 18.3 Å². The molecule has 0 spiro atoms. The Labute approximate surface area is 167 Å². The quantitative estimate of drug-likeness (QED) is 0.715. The van der Waals surface area contributed by atoms with Crippen LogP contribution in [-0.2, 0) is 21.1 Å². The average Bonchev–Trinajstić information content (AvgIpc) is 3.47. The highest BCUT2D eigenvalue weighted by atomic mass is 32.2. The maximum Gasteiger partial charge on any atom is 0.327 e. The Balaban J connectivity index is 1.74. The molecular formula is C22H19NO5S. The molecule has 7 heteroatoms. The van der Waals surface area contributed by atoms with E-state index in [1.807, 2.05) is 42.5 Å². The summed E-state index contributed by atoms with van der Waals surface area (Å²) in [6.07, 6.45) is 2.13. The minimum absolute atomic E-state index is 0.0594. The molecule has 6 nitrogen and oxygen atoms in total. The molecule has 0 amide bonds. The van der Waals surface area contributed by atoms with E-state index in [0.717, 1.165) is 33.7 Å². The van der Waals surface area contributed by atoms with Crippen LogP contribution in [0.1, 0.15) is 41.5 Å². The van der Waals surface area contributed by atoms with Crippen LogP contribution >= 0.6 is 0 Å². The summed E-state index contributed by atoms with van der Waals surface area (Å²) in [5, 5.41) is 11.5. The molecule has 2 heterocycles. The fraction of sp³-hybridized carbons (Fsp3) is 0.273. The highest BCUT2D eigenvalue weighted by Gasteiger charge is 2.45. The molecular weight excluding hydrogens is 390 g/mol. The number of pyridine rings is 1. The normalized spacial score (nSPS) is 19.9. The molecule has 0 bridgehead atoms. The molecule has 0 radical (unpaired) electrons. The van der Waals surface area contributed by atoms with Crippen molar-refractivity contribution in [3.8, 4) is 0 Å². The summed E-state index contributed by atoms with van der Waals surface area (Å²) in [6.45, 7) is 0. The summed E-state index contributed by atoms with van der Waals surface area (Å²) in [5.41, 5.74) is 1.78. The van der Waals surface area contributed by atoms with E-state index >= 15 is 0 Å². The zero-order valence-corrected chi connectivity index (χ0v) is 16.4. The Morgan fingerprint density at radius 2 is 1.79 bits per heavy atom. The van der Waals surface area contributed by atoms with E-state index in [-0.39, 0.29) is 10.9 Å². The lowest BCUT2D eigenvalue weighted by atomic mass is 9.95. The minimum atomic E-state index is -3.83. The number of carboxylic acid groups (broad SMARTS) is 1. The van der Waals surface area contributed by atoms with Crippen LogP contribution in [0.3, 0.4) is 0 Å². The third-order valence-electron chi connectivity index (χ3n) is 5.85. The number of sulfone groups is 1. The average molecular weight is 409 g/mol. The molecule has 1 saturated carbocycles. The second kappa shape index (κ2) is 6.29. The molecule has 1 aromatic heterocycles. The molecule has 2 aromatic carbocycles. The van der Waals surface area contributed by atoms with Gasteiger partial charge in [-0.25, -0.2) is 13.2 Å². The Hall–Kier alpha value is -2.93. The summed E-state index contributed by atoms with van der Waals surface area (Å²) >= 11 is 0. The second-order valence-corrected chi connectivity index (χ2v) is 9.77. The summed E-state index contributed by atoms with van der Waals surface area (Å²) in [4.78, 5) is 24.4. The molecule has 1 unspecified atom stereocenters. The van der Waals surface area contributed by atoms with Gasteiger partial charge in [0.15, 0.2) is 9.84 Å². The van der Waals surface area contributed by atoms with Crippen LogP contribution in [0.4, 0.5) is 0 Å². The highest BCUT2D eigenvalue weighted by molar-refractivity contribution is 7.91. The van der Waals surface area contributed by atoms with E-state index in [4.69, 9.17) is 0 Å². The number of nitrogens with zero attached hydrogens (tertiary/aromatic N) is 1. The van der Waals surface area contributed by atoms with E-state index in [1.54, 1.807) is 0 Å². The van der Waals surface area contributed by atoms with Gasteiger partial charge < -0.3 is 5.11 Å². The SMILES string of the molecule is O=C(O)C1CS(=O)(=O)c2c(C3CC3)c(Cc3cccc4ccccc34)cc(=O)n21. The number of hydrogen-bond donors (Lipinski definition) is 1. The monoisotopic (exact) mass is 409 g/mol. The van der Waals surface area contributed by atoms with Gasteiger partial charge in [0.25, 0.3) is 5.56 Å². The van der Waals surface area contributed by atoms with Gasteiger partial charge in [0.1, 0.15) is 11.1 Å². The van der Waals surface area contributed by atoms with Gasteiger partial charge in [-0.15, -0.1) is 0 Å². The van der Waals surface area contributed by atoms with Crippen LogP contribution in [0, 0.1) is 0 Å². The lowest BCUT2D eigenvalue weighted by Gasteiger charge is -2.16. The zero-order valence-electron chi connectivity index (χ0n) is 15.5. The van der Waals surface area contributed by atoms with Gasteiger partial charge >= 0.3 is 5.97 Å². The van der Waals surface area contributed by atoms with E-state index < -0.39 is 33.2 Å². The topological polar surface area (TPSA) is 93.4 Å². The van der Waals surface area contributed by atoms with Crippen molar-refractivity contribution in [2.45, 2.75) is 36.2 Å². The zero-order chi connectivity index (χ0) is 20.3. The Kier molecular flexibility index (Phi) is 3.93. The molecule has 5 rings (SSSR count). The fourth-order valence-corrected chi connectivity index (χ4v) is 6.44. The second-order valence-electron chi connectivity index (χ2n) is 7.82. The first-order valence-electron chi connectivity index (χ1n) is 9.57. The third-order valence-corrected chi connectivity index (χ3v) is 7.61. The van der Waals surface area contributed by atoms with Crippen molar-refractivity contribution in [1.29, 1.82) is 0 Å². The van der Waals surface area contributed by atoms with E-state index in [1.165, 1.54) is 6.07 Å². The number of fused-ring (bicyclic) bond motifs is 2. The third kappa shape index (κ3) is 2.88. The number of carboxylic acids is 1. The van der Waals surface area contributed by atoms with Crippen molar-refractivity contribution in [2.24, 2.45) is 0 Å². The van der Waals surface area contributed by atoms with Gasteiger partial charge in [0, 0.05) is 6.07 Å². The van der Waals surface area contributed by atoms with Gasteiger partial charge in [0.2, 0.25) is 0 Å². The molecule has 29 heavy (non-hydrogen) atoms. The number of hydrogen-bond acceptors (Lipinski definition) is 4. The molecule has 1 N–H and O–H groups in total. The number of aliphatic carboxylic acids is 1. The number of rotatable bonds is 4. The molecule has 0 saturated heterocycles. The number of carbonyl (C=O) groups is 1. The van der Waals surface area contributed by atoms with Gasteiger partial charge in [-0.05, 0) is 52.6 Å². The Bertz CT molecular complexity index is 1330. The van der Waals surface area contributed by atoms with Crippen molar-refractivity contribution >= 4 is 26.6 Å². The first-order valence-corrected chi connectivity index (χ1v) is 11.2. The van der Waals surface area contributed by atoms with E-state index in [9.17, 15) is 23.1 Å². The minimum Gasteiger partial charge on any atom is -0.480 e. The highest BCUT2D eigenvalue weighted by Crippen LogP contribution is 2.47. The van der Waals surface area contributed by atoms with Gasteiger partial charge in [-0.3, -0.25) is 9.36 Å². The van der Waals surface area contributed by atoms with Crippen molar-refractivity contribution in [2.75, 3.05) is 5.75 Å². The van der Waals surface area contributed by atoms with E-state index in [0.29, 0.717) is 17.5 Å². The van der Waals surface area contributed by atoms with Gasteiger partial charge in [0.05, 0.1) is 5.75 Å². The summed E-state index contributed by atoms with van der Waals surface area (Å²) in [7, 11) is -3.83. The van der Waals surface area contributed by atoms with Crippen LogP contribution in [0.5, 0.6) is 0 Å². The summed E-state index contributed by atoms with van der Waals surface area (Å²) in [6, 6.07) is 14.0. The van der Waals surface area contributed by atoms with Crippen LogP contribution < -0.4 is 5.56 Å². The molecule has 1 fully saturated rings. The Morgan fingerprint density at radius 1 is 1.07 bits per heavy atom. The van der Waals surface area contributed by atoms with Crippen molar-refractivity contribution in [3.63, 3.8) is 0 Å². The lowest BCUT2D eigenvalue weighted by molar-refractivity contribution is -0.140. The van der Waals surface area contributed by atoms with Crippen LogP contribution in [0.15, 0.2) is 58.4 Å². The lowest BCUT2D eigenvalue weighted by Crippen LogP contribution is -2.29.